The molecule has 3 rings (SSSR count). The van der Waals surface area contributed by atoms with Crippen LogP contribution in [-0.2, 0) is 10.0 Å². The first-order valence-electron chi connectivity index (χ1n) is 8.28. The van der Waals surface area contributed by atoms with Crippen LogP contribution in [-0.4, -0.2) is 30.8 Å². The Morgan fingerprint density at radius 1 is 1.08 bits per heavy atom. The van der Waals surface area contributed by atoms with Gasteiger partial charge in [0.15, 0.2) is 0 Å². The molecule has 0 aliphatic heterocycles. The molecule has 1 heterocycles. The van der Waals surface area contributed by atoms with Gasteiger partial charge < -0.3 is 0 Å². The fraction of sp³-hybridized carbons (Fsp3) is 0.211. The lowest BCUT2D eigenvalue weighted by Gasteiger charge is -2.18. The van der Waals surface area contributed by atoms with E-state index in [1.54, 1.807) is 23.5 Å². The maximum atomic E-state index is 12.5. The van der Waals surface area contributed by atoms with Gasteiger partial charge in [-0.2, -0.15) is 4.31 Å². The van der Waals surface area contributed by atoms with Crippen LogP contribution in [0, 0.1) is 0 Å². The van der Waals surface area contributed by atoms with Crippen molar-refractivity contribution >= 4 is 59.7 Å². The lowest BCUT2D eigenvalue weighted by Crippen LogP contribution is -2.30. The minimum Gasteiger partial charge on any atom is -0.237 e. The van der Waals surface area contributed by atoms with E-state index in [9.17, 15) is 8.42 Å². The van der Waals surface area contributed by atoms with E-state index in [1.807, 2.05) is 50.3 Å². The van der Waals surface area contributed by atoms with E-state index in [-0.39, 0.29) is 0 Å². The van der Waals surface area contributed by atoms with E-state index in [1.165, 1.54) is 4.31 Å². The van der Waals surface area contributed by atoms with Gasteiger partial charge in [-0.1, -0.05) is 48.0 Å². The number of sulfonamides is 1. The molecule has 0 saturated carbocycles. The van der Waals surface area contributed by atoms with Crippen molar-refractivity contribution in [2.45, 2.75) is 18.7 Å². The lowest BCUT2D eigenvalue weighted by molar-refractivity contribution is 0.445. The van der Waals surface area contributed by atoms with Crippen LogP contribution in [0.15, 0.2) is 51.8 Å². The molecule has 0 fully saturated rings. The van der Waals surface area contributed by atoms with Crippen LogP contribution in [0.5, 0.6) is 0 Å². The van der Waals surface area contributed by atoms with E-state index in [4.69, 9.17) is 0 Å². The molecule has 0 radical (unpaired) electrons. The van der Waals surface area contributed by atoms with Crippen LogP contribution >= 0.6 is 27.3 Å². The zero-order valence-electron chi connectivity index (χ0n) is 14.5. The number of halogens is 1. The van der Waals surface area contributed by atoms with Crippen molar-refractivity contribution in [1.29, 1.82) is 0 Å². The predicted octanol–water partition coefficient (Wildman–Crippen LogP) is 5.26. The van der Waals surface area contributed by atoms with Crippen molar-refractivity contribution in [3.05, 3.63) is 57.5 Å². The Labute approximate surface area is 166 Å². The standard InChI is InChI=1S/C19H19BrN2O2S2/c1-3-22(4-2)26(23,24)16-9-5-14(6-10-16)7-12-19-21-17-11-8-15(20)13-18(17)25-19/h5-13H,3-4H2,1-2H3/b12-7+. The van der Waals surface area contributed by atoms with Crippen molar-refractivity contribution in [3.8, 4) is 0 Å². The largest absolute Gasteiger partial charge is 0.243 e. The summed E-state index contributed by atoms with van der Waals surface area (Å²) in [6.45, 7) is 4.62. The molecule has 7 heteroatoms. The molecule has 0 atom stereocenters. The van der Waals surface area contributed by atoms with Gasteiger partial charge in [-0.15, -0.1) is 11.3 Å². The molecule has 1 aromatic heterocycles. The number of fused-ring (bicyclic) bond motifs is 1. The highest BCUT2D eigenvalue weighted by Crippen LogP contribution is 2.26. The van der Waals surface area contributed by atoms with Crippen LogP contribution < -0.4 is 0 Å². The topological polar surface area (TPSA) is 50.3 Å². The SMILES string of the molecule is CCN(CC)S(=O)(=O)c1ccc(/C=C/c2nc3ccc(Br)cc3s2)cc1. The maximum Gasteiger partial charge on any atom is 0.243 e. The molecule has 26 heavy (non-hydrogen) atoms. The summed E-state index contributed by atoms with van der Waals surface area (Å²) in [5.41, 5.74) is 1.91. The fourth-order valence-corrected chi connectivity index (χ4v) is 5.50. The second kappa shape index (κ2) is 8.00. The minimum absolute atomic E-state index is 0.322. The third kappa shape index (κ3) is 4.06. The number of hydrogen-bond donors (Lipinski definition) is 0. The summed E-state index contributed by atoms with van der Waals surface area (Å²) in [6.07, 6.45) is 3.90. The third-order valence-electron chi connectivity index (χ3n) is 4.01. The van der Waals surface area contributed by atoms with Crippen LogP contribution in [0.3, 0.4) is 0 Å². The normalized spacial score (nSPS) is 12.5. The summed E-state index contributed by atoms with van der Waals surface area (Å²) in [4.78, 5) is 4.90. The maximum absolute atomic E-state index is 12.5. The summed E-state index contributed by atoms with van der Waals surface area (Å²) in [7, 11) is -3.41. The van der Waals surface area contributed by atoms with Crippen molar-refractivity contribution in [2.24, 2.45) is 0 Å². The average molecular weight is 451 g/mol. The number of thiazole rings is 1. The first kappa shape index (κ1) is 19.2. The predicted molar refractivity (Wildman–Crippen MR) is 113 cm³/mol. The molecule has 3 aromatic rings. The van der Waals surface area contributed by atoms with E-state index in [2.05, 4.69) is 27.0 Å². The van der Waals surface area contributed by atoms with Crippen molar-refractivity contribution in [1.82, 2.24) is 9.29 Å². The molecule has 0 aliphatic carbocycles. The zero-order valence-corrected chi connectivity index (χ0v) is 17.7. The van der Waals surface area contributed by atoms with Gasteiger partial charge in [0.25, 0.3) is 0 Å². The third-order valence-corrected chi connectivity index (χ3v) is 7.55. The number of nitrogens with zero attached hydrogens (tertiary/aromatic N) is 2. The molecule has 136 valence electrons. The Balaban J connectivity index is 1.81. The molecular formula is C19H19BrN2O2S2. The van der Waals surface area contributed by atoms with Gasteiger partial charge in [0.05, 0.1) is 15.1 Å². The van der Waals surface area contributed by atoms with Crippen LogP contribution in [0.2, 0.25) is 0 Å². The van der Waals surface area contributed by atoms with Crippen molar-refractivity contribution in [3.63, 3.8) is 0 Å². The second-order valence-electron chi connectivity index (χ2n) is 5.66. The Kier molecular flexibility index (Phi) is 5.92. The monoisotopic (exact) mass is 450 g/mol. The summed E-state index contributed by atoms with van der Waals surface area (Å²) in [5.74, 6) is 0. The Morgan fingerprint density at radius 3 is 2.42 bits per heavy atom. The molecule has 0 saturated heterocycles. The minimum atomic E-state index is -3.41. The highest BCUT2D eigenvalue weighted by atomic mass is 79.9. The molecule has 4 nitrogen and oxygen atoms in total. The second-order valence-corrected chi connectivity index (χ2v) is 9.57. The molecule has 0 unspecified atom stereocenters. The van der Waals surface area contributed by atoms with Gasteiger partial charge in [-0.25, -0.2) is 13.4 Å². The number of rotatable bonds is 6. The van der Waals surface area contributed by atoms with Gasteiger partial charge in [0.1, 0.15) is 5.01 Å². The molecule has 0 bridgehead atoms. The molecule has 0 spiro atoms. The summed E-state index contributed by atoms with van der Waals surface area (Å²) < 4.78 is 28.6. The van der Waals surface area contributed by atoms with Gasteiger partial charge in [-0.05, 0) is 42.0 Å². The van der Waals surface area contributed by atoms with E-state index >= 15 is 0 Å². The van der Waals surface area contributed by atoms with Crippen molar-refractivity contribution < 1.29 is 8.42 Å². The summed E-state index contributed by atoms with van der Waals surface area (Å²) >= 11 is 5.09. The van der Waals surface area contributed by atoms with Gasteiger partial charge in [0.2, 0.25) is 10.0 Å². The van der Waals surface area contributed by atoms with E-state index in [0.717, 1.165) is 25.3 Å². The number of hydrogen-bond acceptors (Lipinski definition) is 4. The average Bonchev–Trinajstić information content (AvgIpc) is 3.03. The van der Waals surface area contributed by atoms with Crippen LogP contribution in [0.25, 0.3) is 22.4 Å². The lowest BCUT2D eigenvalue weighted by atomic mass is 10.2. The van der Waals surface area contributed by atoms with Crippen LogP contribution in [0.4, 0.5) is 0 Å². The highest BCUT2D eigenvalue weighted by molar-refractivity contribution is 9.10. The Morgan fingerprint density at radius 2 is 1.77 bits per heavy atom. The highest BCUT2D eigenvalue weighted by Gasteiger charge is 2.20. The molecule has 0 aliphatic rings. The molecule has 0 amide bonds. The van der Waals surface area contributed by atoms with E-state index < -0.39 is 10.0 Å². The quantitative estimate of drug-likeness (QED) is 0.514. The van der Waals surface area contributed by atoms with Crippen molar-refractivity contribution in [2.75, 3.05) is 13.1 Å². The van der Waals surface area contributed by atoms with Gasteiger partial charge in [-0.3, -0.25) is 0 Å². The first-order chi connectivity index (χ1) is 12.4. The molecule has 2 aromatic carbocycles. The Hall–Kier alpha value is -1.54. The Bertz CT molecular complexity index is 1040. The van der Waals surface area contributed by atoms with Gasteiger partial charge in [0, 0.05) is 17.6 Å². The zero-order chi connectivity index (χ0) is 18.7. The fourth-order valence-electron chi connectivity index (χ4n) is 2.62. The molecular weight excluding hydrogens is 432 g/mol. The molecule has 0 N–H and O–H groups in total. The first-order valence-corrected chi connectivity index (χ1v) is 11.3. The number of benzene rings is 2. The van der Waals surface area contributed by atoms with Crippen LogP contribution in [0.1, 0.15) is 24.4 Å². The van der Waals surface area contributed by atoms with E-state index in [0.29, 0.717) is 18.0 Å². The smallest absolute Gasteiger partial charge is 0.237 e. The van der Waals surface area contributed by atoms with Gasteiger partial charge >= 0.3 is 0 Å². The number of aromatic nitrogens is 1. The summed E-state index contributed by atoms with van der Waals surface area (Å²) in [6, 6.07) is 13.0. The summed E-state index contributed by atoms with van der Waals surface area (Å²) in [5, 5.41) is 0.915.